The van der Waals surface area contributed by atoms with Crippen LogP contribution in [-0.2, 0) is 0 Å². The monoisotopic (exact) mass is 345 g/mol. The Morgan fingerprint density at radius 3 is 2.65 bits per heavy atom. The first-order valence-electron chi connectivity index (χ1n) is 7.95. The number of carbonyl (C=O) groups excluding carboxylic acids is 1. The van der Waals surface area contributed by atoms with E-state index in [1.54, 1.807) is 42.5 Å². The van der Waals surface area contributed by atoms with Gasteiger partial charge in [0, 0.05) is 5.39 Å². The Morgan fingerprint density at radius 1 is 1.04 bits per heavy atom. The summed E-state index contributed by atoms with van der Waals surface area (Å²) in [5.74, 6) is 0.242. The second-order valence-corrected chi connectivity index (χ2v) is 5.60. The summed E-state index contributed by atoms with van der Waals surface area (Å²) in [7, 11) is 1.55. The van der Waals surface area contributed by atoms with E-state index >= 15 is 0 Å². The van der Waals surface area contributed by atoms with Crippen molar-refractivity contribution in [2.75, 3.05) is 12.4 Å². The topological polar surface area (TPSA) is 81.9 Å². The standard InChI is InChI=1S/C19H15N5O2/c1-26-18-9-7-14(24-11-20-21-12-24)10-17(18)23-19(25)16-8-6-13-4-2-3-5-15(13)22-16/h2-12H,1H3,(H,23,25). The molecule has 0 atom stereocenters. The van der Waals surface area contributed by atoms with Gasteiger partial charge in [-0.1, -0.05) is 24.3 Å². The predicted molar refractivity (Wildman–Crippen MR) is 97.6 cm³/mol. The molecule has 0 aliphatic heterocycles. The molecule has 4 rings (SSSR count). The fourth-order valence-corrected chi connectivity index (χ4v) is 2.67. The number of nitrogens with zero attached hydrogens (tertiary/aromatic N) is 4. The minimum absolute atomic E-state index is 0.310. The van der Waals surface area contributed by atoms with Crippen LogP contribution in [0.15, 0.2) is 67.3 Å². The van der Waals surface area contributed by atoms with Crippen LogP contribution < -0.4 is 10.1 Å². The maximum absolute atomic E-state index is 12.7. The summed E-state index contributed by atoms with van der Waals surface area (Å²) >= 11 is 0. The molecular formula is C19H15N5O2. The number of para-hydroxylation sites is 1. The average molecular weight is 345 g/mol. The van der Waals surface area contributed by atoms with Gasteiger partial charge >= 0.3 is 0 Å². The number of anilines is 1. The Kier molecular flexibility index (Phi) is 4.03. The molecular weight excluding hydrogens is 330 g/mol. The van der Waals surface area contributed by atoms with E-state index in [0.717, 1.165) is 16.6 Å². The quantitative estimate of drug-likeness (QED) is 0.615. The van der Waals surface area contributed by atoms with Gasteiger partial charge in [0.05, 0.1) is 24.0 Å². The summed E-state index contributed by atoms with van der Waals surface area (Å²) in [6.45, 7) is 0. The van der Waals surface area contributed by atoms with Gasteiger partial charge in [0.15, 0.2) is 0 Å². The van der Waals surface area contributed by atoms with Crippen LogP contribution in [0.2, 0.25) is 0 Å². The molecule has 7 nitrogen and oxygen atoms in total. The van der Waals surface area contributed by atoms with Gasteiger partial charge in [-0.2, -0.15) is 0 Å². The molecule has 4 aromatic rings. The fourth-order valence-electron chi connectivity index (χ4n) is 2.67. The Hall–Kier alpha value is -3.74. The summed E-state index contributed by atoms with van der Waals surface area (Å²) in [5.41, 5.74) is 2.45. The van der Waals surface area contributed by atoms with Gasteiger partial charge in [0.1, 0.15) is 24.1 Å². The van der Waals surface area contributed by atoms with Crippen LogP contribution in [0.3, 0.4) is 0 Å². The molecule has 0 fully saturated rings. The summed E-state index contributed by atoms with van der Waals surface area (Å²) < 4.78 is 7.09. The molecule has 0 aliphatic carbocycles. The lowest BCUT2D eigenvalue weighted by Crippen LogP contribution is -2.14. The van der Waals surface area contributed by atoms with Crippen LogP contribution in [-0.4, -0.2) is 32.8 Å². The number of aromatic nitrogens is 4. The van der Waals surface area contributed by atoms with Gasteiger partial charge in [0.2, 0.25) is 0 Å². The number of ether oxygens (including phenoxy) is 1. The number of rotatable bonds is 4. The third kappa shape index (κ3) is 2.98. The minimum atomic E-state index is -0.310. The van der Waals surface area contributed by atoms with Crippen LogP contribution in [0.5, 0.6) is 5.75 Å². The largest absolute Gasteiger partial charge is 0.495 e. The van der Waals surface area contributed by atoms with Gasteiger partial charge < -0.3 is 10.1 Å². The Bertz CT molecular complexity index is 1080. The van der Waals surface area contributed by atoms with Crippen molar-refractivity contribution in [1.82, 2.24) is 19.7 Å². The number of nitrogens with one attached hydrogen (secondary N) is 1. The predicted octanol–water partition coefficient (Wildman–Crippen LogP) is 3.08. The van der Waals surface area contributed by atoms with Crippen LogP contribution in [0.4, 0.5) is 5.69 Å². The molecule has 0 unspecified atom stereocenters. The summed E-state index contributed by atoms with van der Waals surface area (Å²) in [6, 6.07) is 16.7. The molecule has 128 valence electrons. The molecule has 0 spiro atoms. The van der Waals surface area contributed by atoms with Crippen molar-refractivity contribution in [3.8, 4) is 11.4 Å². The van der Waals surface area contributed by atoms with Gasteiger partial charge in [-0.05, 0) is 30.3 Å². The van der Waals surface area contributed by atoms with Crippen molar-refractivity contribution in [3.63, 3.8) is 0 Å². The van der Waals surface area contributed by atoms with Crippen molar-refractivity contribution in [2.24, 2.45) is 0 Å². The fraction of sp³-hybridized carbons (Fsp3) is 0.0526. The number of hydrogen-bond acceptors (Lipinski definition) is 5. The lowest BCUT2D eigenvalue weighted by molar-refractivity contribution is 0.102. The lowest BCUT2D eigenvalue weighted by atomic mass is 10.2. The summed E-state index contributed by atoms with van der Waals surface area (Å²) in [4.78, 5) is 17.1. The molecule has 26 heavy (non-hydrogen) atoms. The van der Waals surface area contributed by atoms with E-state index in [4.69, 9.17) is 4.74 Å². The SMILES string of the molecule is COc1ccc(-n2cnnc2)cc1NC(=O)c1ccc2ccccc2n1. The maximum atomic E-state index is 12.7. The molecule has 7 heteroatoms. The molecule has 2 heterocycles. The van der Waals surface area contributed by atoms with E-state index < -0.39 is 0 Å². The van der Waals surface area contributed by atoms with Crippen molar-refractivity contribution >= 4 is 22.5 Å². The summed E-state index contributed by atoms with van der Waals surface area (Å²) in [5, 5.41) is 11.4. The van der Waals surface area contributed by atoms with Crippen molar-refractivity contribution in [1.29, 1.82) is 0 Å². The van der Waals surface area contributed by atoms with Gasteiger partial charge in [0.25, 0.3) is 5.91 Å². The first-order valence-corrected chi connectivity index (χ1v) is 7.95. The molecule has 0 saturated carbocycles. The highest BCUT2D eigenvalue weighted by Gasteiger charge is 2.13. The molecule has 0 saturated heterocycles. The third-order valence-corrected chi connectivity index (χ3v) is 3.98. The highest BCUT2D eigenvalue weighted by molar-refractivity contribution is 6.05. The number of fused-ring (bicyclic) bond motifs is 1. The van der Waals surface area contributed by atoms with E-state index in [2.05, 4.69) is 20.5 Å². The van der Waals surface area contributed by atoms with Crippen LogP contribution >= 0.6 is 0 Å². The normalized spacial score (nSPS) is 10.7. The number of benzene rings is 2. The van der Waals surface area contributed by atoms with E-state index in [9.17, 15) is 4.79 Å². The van der Waals surface area contributed by atoms with Crippen molar-refractivity contribution in [2.45, 2.75) is 0 Å². The zero-order valence-electron chi connectivity index (χ0n) is 14.0. The second-order valence-electron chi connectivity index (χ2n) is 5.60. The molecule has 2 aromatic heterocycles. The number of carbonyl (C=O) groups is 1. The Balaban J connectivity index is 1.66. The number of hydrogen-bond donors (Lipinski definition) is 1. The van der Waals surface area contributed by atoms with Crippen LogP contribution in [0, 0.1) is 0 Å². The average Bonchev–Trinajstić information content (AvgIpc) is 3.22. The zero-order chi connectivity index (χ0) is 17.9. The van der Waals surface area contributed by atoms with Gasteiger partial charge in [-0.15, -0.1) is 10.2 Å². The highest BCUT2D eigenvalue weighted by Crippen LogP contribution is 2.27. The first-order chi connectivity index (χ1) is 12.7. The maximum Gasteiger partial charge on any atom is 0.274 e. The van der Waals surface area contributed by atoms with E-state index in [0.29, 0.717) is 17.1 Å². The molecule has 0 radical (unpaired) electrons. The van der Waals surface area contributed by atoms with Gasteiger partial charge in [-0.25, -0.2) is 4.98 Å². The minimum Gasteiger partial charge on any atom is -0.495 e. The van der Waals surface area contributed by atoms with Crippen LogP contribution in [0.1, 0.15) is 10.5 Å². The number of amides is 1. The van der Waals surface area contributed by atoms with E-state index in [1.807, 2.05) is 36.4 Å². The van der Waals surface area contributed by atoms with E-state index in [-0.39, 0.29) is 5.91 Å². The second kappa shape index (κ2) is 6.64. The van der Waals surface area contributed by atoms with Crippen molar-refractivity contribution < 1.29 is 9.53 Å². The molecule has 0 aliphatic rings. The third-order valence-electron chi connectivity index (χ3n) is 3.98. The summed E-state index contributed by atoms with van der Waals surface area (Å²) in [6.07, 6.45) is 3.16. The molecule has 0 bridgehead atoms. The molecule has 2 aromatic carbocycles. The van der Waals surface area contributed by atoms with E-state index in [1.165, 1.54) is 0 Å². The highest BCUT2D eigenvalue weighted by atomic mass is 16.5. The van der Waals surface area contributed by atoms with Crippen molar-refractivity contribution in [3.05, 3.63) is 72.9 Å². The lowest BCUT2D eigenvalue weighted by Gasteiger charge is -2.12. The number of methoxy groups -OCH3 is 1. The molecule has 1 amide bonds. The Morgan fingerprint density at radius 2 is 1.85 bits per heavy atom. The van der Waals surface area contributed by atoms with Crippen LogP contribution in [0.25, 0.3) is 16.6 Å². The Labute approximate surface area is 149 Å². The molecule has 1 N–H and O–H groups in total. The van der Waals surface area contributed by atoms with Gasteiger partial charge in [-0.3, -0.25) is 9.36 Å². The zero-order valence-corrected chi connectivity index (χ0v) is 14.0. The smallest absolute Gasteiger partial charge is 0.274 e. The number of pyridine rings is 1. The first kappa shape index (κ1) is 15.8.